The molecule has 0 fully saturated rings. The fourth-order valence-corrected chi connectivity index (χ4v) is 1.61. The predicted molar refractivity (Wildman–Crippen MR) is 71.2 cm³/mol. The Morgan fingerprint density at radius 2 is 1.82 bits per heavy atom. The lowest BCUT2D eigenvalue weighted by Crippen LogP contribution is -2.32. The van der Waals surface area contributed by atoms with Gasteiger partial charge in [0.15, 0.2) is 0 Å². The van der Waals surface area contributed by atoms with Crippen LogP contribution in [-0.4, -0.2) is 57.1 Å². The van der Waals surface area contributed by atoms with Gasteiger partial charge < -0.3 is 14.6 Å². The molecule has 1 heterocycles. The number of aryl methyl sites for hydroxylation is 1. The van der Waals surface area contributed by atoms with Crippen LogP contribution < -0.4 is 5.32 Å². The summed E-state index contributed by atoms with van der Waals surface area (Å²) in [6.07, 6.45) is 0. The van der Waals surface area contributed by atoms with E-state index >= 15 is 0 Å². The second-order valence-corrected chi connectivity index (χ2v) is 4.80. The van der Waals surface area contributed by atoms with Crippen molar-refractivity contribution in [2.45, 2.75) is 13.5 Å². The summed E-state index contributed by atoms with van der Waals surface area (Å²) in [5, 5.41) is 3.42. The Morgan fingerprint density at radius 1 is 1.12 bits per heavy atom. The van der Waals surface area contributed by atoms with Crippen molar-refractivity contribution in [1.29, 1.82) is 0 Å². The first-order chi connectivity index (χ1) is 8.08. The maximum atomic E-state index is 5.54. The molecule has 0 saturated heterocycles. The number of nitrogens with one attached hydrogen (secondary N) is 1. The van der Waals surface area contributed by atoms with Crippen LogP contribution in [0.15, 0.2) is 16.5 Å². The maximum Gasteiger partial charge on any atom is 0.118 e. The van der Waals surface area contributed by atoms with Crippen LogP contribution in [0, 0.1) is 6.92 Å². The van der Waals surface area contributed by atoms with Gasteiger partial charge >= 0.3 is 0 Å². The van der Waals surface area contributed by atoms with E-state index in [-0.39, 0.29) is 0 Å². The van der Waals surface area contributed by atoms with Crippen molar-refractivity contribution >= 4 is 0 Å². The van der Waals surface area contributed by atoms with Crippen molar-refractivity contribution in [3.05, 3.63) is 23.7 Å². The predicted octanol–water partition coefficient (Wildman–Crippen LogP) is 1.17. The molecular formula is C13H25N3O. The number of likely N-dealkylation sites (N-methyl/N-ethyl adjacent to an activating group) is 2. The number of nitrogens with zero attached hydrogens (tertiary/aromatic N) is 2. The number of hydrogen-bond donors (Lipinski definition) is 1. The average Bonchev–Trinajstić information content (AvgIpc) is 2.63. The lowest BCUT2D eigenvalue weighted by Gasteiger charge is -2.16. The topological polar surface area (TPSA) is 31.6 Å². The van der Waals surface area contributed by atoms with Crippen LogP contribution in [0.1, 0.15) is 11.5 Å². The third-order valence-corrected chi connectivity index (χ3v) is 2.63. The van der Waals surface area contributed by atoms with Crippen molar-refractivity contribution in [2.75, 3.05) is 47.3 Å². The van der Waals surface area contributed by atoms with Crippen molar-refractivity contribution < 1.29 is 4.42 Å². The van der Waals surface area contributed by atoms with Crippen LogP contribution in [0.3, 0.4) is 0 Å². The SMILES string of the molecule is Cc1ccc(CN(C)CCNCCN(C)C)o1. The molecule has 0 aliphatic carbocycles. The van der Waals surface area contributed by atoms with E-state index in [2.05, 4.69) is 36.3 Å². The van der Waals surface area contributed by atoms with E-state index in [1.807, 2.05) is 19.1 Å². The van der Waals surface area contributed by atoms with Crippen molar-refractivity contribution in [1.82, 2.24) is 15.1 Å². The molecule has 0 spiro atoms. The highest BCUT2D eigenvalue weighted by Gasteiger charge is 2.03. The molecule has 4 heteroatoms. The molecule has 1 aromatic heterocycles. The minimum Gasteiger partial charge on any atom is -0.465 e. The van der Waals surface area contributed by atoms with Gasteiger partial charge in [-0.15, -0.1) is 0 Å². The second-order valence-electron chi connectivity index (χ2n) is 4.80. The molecule has 0 bridgehead atoms. The molecule has 0 atom stereocenters. The van der Waals surface area contributed by atoms with E-state index in [0.29, 0.717) is 0 Å². The summed E-state index contributed by atoms with van der Waals surface area (Å²) >= 11 is 0. The summed E-state index contributed by atoms with van der Waals surface area (Å²) in [4.78, 5) is 4.45. The fraction of sp³-hybridized carbons (Fsp3) is 0.692. The Labute approximate surface area is 105 Å². The van der Waals surface area contributed by atoms with Gasteiger partial charge in [0.25, 0.3) is 0 Å². The highest BCUT2D eigenvalue weighted by atomic mass is 16.3. The zero-order chi connectivity index (χ0) is 12.7. The van der Waals surface area contributed by atoms with E-state index in [1.165, 1.54) is 0 Å². The molecule has 0 aromatic carbocycles. The normalized spacial score (nSPS) is 11.6. The van der Waals surface area contributed by atoms with Gasteiger partial charge in [-0.3, -0.25) is 4.90 Å². The Morgan fingerprint density at radius 3 is 2.41 bits per heavy atom. The van der Waals surface area contributed by atoms with Crippen LogP contribution in [0.5, 0.6) is 0 Å². The molecule has 0 amide bonds. The maximum absolute atomic E-state index is 5.54. The zero-order valence-corrected chi connectivity index (χ0v) is 11.5. The summed E-state index contributed by atoms with van der Waals surface area (Å²) < 4.78 is 5.54. The highest BCUT2D eigenvalue weighted by molar-refractivity contribution is 5.05. The lowest BCUT2D eigenvalue weighted by molar-refractivity contribution is 0.289. The summed E-state index contributed by atoms with van der Waals surface area (Å²) in [6.45, 7) is 7.04. The summed E-state index contributed by atoms with van der Waals surface area (Å²) in [7, 11) is 6.30. The van der Waals surface area contributed by atoms with Gasteiger partial charge in [0.2, 0.25) is 0 Å². The number of hydrogen-bond acceptors (Lipinski definition) is 4. The molecule has 0 unspecified atom stereocenters. The van der Waals surface area contributed by atoms with E-state index in [9.17, 15) is 0 Å². The highest BCUT2D eigenvalue weighted by Crippen LogP contribution is 2.07. The Balaban J connectivity index is 2.07. The number of furan rings is 1. The van der Waals surface area contributed by atoms with Crippen LogP contribution in [0.4, 0.5) is 0 Å². The van der Waals surface area contributed by atoms with Gasteiger partial charge in [0, 0.05) is 26.2 Å². The van der Waals surface area contributed by atoms with Crippen molar-refractivity contribution in [3.8, 4) is 0 Å². The molecule has 0 aliphatic heterocycles. The molecule has 1 rings (SSSR count). The minimum absolute atomic E-state index is 0.878. The Bertz CT molecular complexity index is 309. The molecule has 98 valence electrons. The second kappa shape index (κ2) is 7.48. The molecule has 4 nitrogen and oxygen atoms in total. The van der Waals surface area contributed by atoms with Crippen LogP contribution >= 0.6 is 0 Å². The van der Waals surface area contributed by atoms with Crippen LogP contribution in [0.25, 0.3) is 0 Å². The molecule has 1 aromatic rings. The lowest BCUT2D eigenvalue weighted by atomic mass is 10.4. The van der Waals surface area contributed by atoms with E-state index < -0.39 is 0 Å². The molecule has 17 heavy (non-hydrogen) atoms. The van der Waals surface area contributed by atoms with Crippen molar-refractivity contribution in [2.24, 2.45) is 0 Å². The van der Waals surface area contributed by atoms with Gasteiger partial charge in [0.05, 0.1) is 6.54 Å². The molecule has 0 aliphatic rings. The Kier molecular flexibility index (Phi) is 6.26. The van der Waals surface area contributed by atoms with Crippen molar-refractivity contribution in [3.63, 3.8) is 0 Å². The fourth-order valence-electron chi connectivity index (χ4n) is 1.61. The first kappa shape index (κ1) is 14.2. The first-order valence-electron chi connectivity index (χ1n) is 6.17. The first-order valence-corrected chi connectivity index (χ1v) is 6.17. The quantitative estimate of drug-likeness (QED) is 0.690. The van der Waals surface area contributed by atoms with Gasteiger partial charge in [0.1, 0.15) is 11.5 Å². The minimum atomic E-state index is 0.878. The van der Waals surface area contributed by atoms with Crippen LogP contribution in [-0.2, 0) is 6.54 Å². The van der Waals surface area contributed by atoms with Gasteiger partial charge in [-0.25, -0.2) is 0 Å². The van der Waals surface area contributed by atoms with E-state index in [1.54, 1.807) is 0 Å². The third-order valence-electron chi connectivity index (χ3n) is 2.63. The number of rotatable bonds is 8. The third kappa shape index (κ3) is 6.46. The molecule has 0 saturated carbocycles. The van der Waals surface area contributed by atoms with Gasteiger partial charge in [-0.1, -0.05) is 0 Å². The average molecular weight is 239 g/mol. The Hall–Kier alpha value is -0.840. The van der Waals surface area contributed by atoms with E-state index in [4.69, 9.17) is 4.42 Å². The molecular weight excluding hydrogens is 214 g/mol. The standard InChI is InChI=1S/C13H25N3O/c1-12-5-6-13(17-12)11-16(4)10-8-14-7-9-15(2)3/h5-6,14H,7-11H2,1-4H3. The summed E-state index contributed by atoms with van der Waals surface area (Å²) in [6, 6.07) is 4.06. The zero-order valence-electron chi connectivity index (χ0n) is 11.5. The van der Waals surface area contributed by atoms with Gasteiger partial charge in [-0.2, -0.15) is 0 Å². The smallest absolute Gasteiger partial charge is 0.118 e. The summed E-state index contributed by atoms with van der Waals surface area (Å²) in [5.41, 5.74) is 0. The van der Waals surface area contributed by atoms with Crippen LogP contribution in [0.2, 0.25) is 0 Å². The summed E-state index contributed by atoms with van der Waals surface area (Å²) in [5.74, 6) is 2.02. The molecule has 1 N–H and O–H groups in total. The van der Waals surface area contributed by atoms with Gasteiger partial charge in [-0.05, 0) is 40.2 Å². The monoisotopic (exact) mass is 239 g/mol. The largest absolute Gasteiger partial charge is 0.465 e. The molecule has 0 radical (unpaired) electrons. The van der Waals surface area contributed by atoms with E-state index in [0.717, 1.165) is 44.2 Å².